The summed E-state index contributed by atoms with van der Waals surface area (Å²) in [6.07, 6.45) is 3.20. The molecule has 2 N–H and O–H groups in total. The Hall–Kier alpha value is -1.58. The molecule has 0 aliphatic carbocycles. The maximum absolute atomic E-state index is 10.7. The van der Waals surface area contributed by atoms with Crippen LogP contribution in [-0.4, -0.2) is 22.2 Å². The number of hydrogen-bond donors (Lipinski definition) is 2. The summed E-state index contributed by atoms with van der Waals surface area (Å²) < 4.78 is 0. The van der Waals surface area contributed by atoms with Crippen LogP contribution in [0, 0.1) is 0 Å². The lowest BCUT2D eigenvalue weighted by molar-refractivity contribution is -0.133. The zero-order valence-electron chi connectivity index (χ0n) is 8.28. The van der Waals surface area contributed by atoms with E-state index < -0.39 is 11.9 Å². The minimum Gasteiger partial charge on any atom is -0.478 e. The second-order valence-electron chi connectivity index (χ2n) is 2.69. The van der Waals surface area contributed by atoms with Gasteiger partial charge >= 0.3 is 11.9 Å². The van der Waals surface area contributed by atoms with Gasteiger partial charge in [0.05, 0.1) is 0 Å². The van der Waals surface area contributed by atoms with Gasteiger partial charge in [0.15, 0.2) is 0 Å². The van der Waals surface area contributed by atoms with E-state index in [-0.39, 0.29) is 5.57 Å². The molecule has 0 fully saturated rings. The first-order chi connectivity index (χ1) is 6.52. The van der Waals surface area contributed by atoms with Crippen molar-refractivity contribution in [2.24, 2.45) is 0 Å². The fraction of sp³-hybridized carbons (Fsp3) is 0.400. The Morgan fingerprint density at radius 2 is 1.64 bits per heavy atom. The van der Waals surface area contributed by atoms with E-state index in [1.54, 1.807) is 13.8 Å². The summed E-state index contributed by atoms with van der Waals surface area (Å²) in [5.74, 6) is -2.06. The molecule has 0 aliphatic heterocycles. The number of carboxylic acids is 2. The van der Waals surface area contributed by atoms with Gasteiger partial charge in [-0.2, -0.15) is 0 Å². The number of carbonyl (C=O) groups is 2. The molecule has 0 radical (unpaired) electrons. The van der Waals surface area contributed by atoms with Crippen molar-refractivity contribution in [2.75, 3.05) is 0 Å². The maximum atomic E-state index is 10.7. The summed E-state index contributed by atoms with van der Waals surface area (Å²) in [7, 11) is 0. The zero-order chi connectivity index (χ0) is 11.1. The molecule has 4 nitrogen and oxygen atoms in total. The van der Waals surface area contributed by atoms with Gasteiger partial charge in [-0.1, -0.05) is 19.9 Å². The van der Waals surface area contributed by atoms with Gasteiger partial charge in [0.25, 0.3) is 0 Å². The van der Waals surface area contributed by atoms with Gasteiger partial charge < -0.3 is 10.2 Å². The molecule has 0 bridgehead atoms. The number of allylic oxidation sites excluding steroid dienone is 2. The smallest absolute Gasteiger partial charge is 0.331 e. The Bertz CT molecular complexity index is 286. The van der Waals surface area contributed by atoms with Crippen LogP contribution in [0.1, 0.15) is 26.7 Å². The monoisotopic (exact) mass is 198 g/mol. The lowest BCUT2D eigenvalue weighted by atomic mass is 10.0. The topological polar surface area (TPSA) is 74.6 Å². The first-order valence-electron chi connectivity index (χ1n) is 4.39. The summed E-state index contributed by atoms with van der Waals surface area (Å²) in [6.45, 7) is 3.52. The van der Waals surface area contributed by atoms with Crippen LogP contribution in [0.2, 0.25) is 0 Å². The molecule has 14 heavy (non-hydrogen) atoms. The van der Waals surface area contributed by atoms with E-state index in [2.05, 4.69) is 0 Å². The molecular weight excluding hydrogens is 184 g/mol. The number of hydrogen-bond acceptors (Lipinski definition) is 2. The third-order valence-electron chi connectivity index (χ3n) is 1.81. The average Bonchev–Trinajstić information content (AvgIpc) is 2.10. The van der Waals surface area contributed by atoms with Crippen molar-refractivity contribution in [1.82, 2.24) is 0 Å². The first-order valence-corrected chi connectivity index (χ1v) is 4.39. The molecule has 0 unspecified atom stereocenters. The highest BCUT2D eigenvalue weighted by Gasteiger charge is 2.08. The molecule has 0 spiro atoms. The first kappa shape index (κ1) is 12.4. The minimum absolute atomic E-state index is 0.269. The van der Waals surface area contributed by atoms with Crippen LogP contribution in [0.25, 0.3) is 0 Å². The van der Waals surface area contributed by atoms with E-state index in [1.165, 1.54) is 6.08 Å². The Kier molecular flexibility index (Phi) is 5.29. The maximum Gasteiger partial charge on any atom is 0.331 e. The van der Waals surface area contributed by atoms with Gasteiger partial charge in [0.2, 0.25) is 0 Å². The van der Waals surface area contributed by atoms with Gasteiger partial charge in [0.1, 0.15) is 0 Å². The van der Waals surface area contributed by atoms with E-state index in [9.17, 15) is 9.59 Å². The van der Waals surface area contributed by atoms with Crippen LogP contribution >= 0.6 is 0 Å². The summed E-state index contributed by atoms with van der Waals surface area (Å²) in [6, 6.07) is 0. The fourth-order valence-corrected chi connectivity index (χ4v) is 1.12. The van der Waals surface area contributed by atoms with Crippen molar-refractivity contribution in [3.8, 4) is 0 Å². The lowest BCUT2D eigenvalue weighted by Crippen LogP contribution is -2.03. The van der Waals surface area contributed by atoms with Crippen LogP contribution in [0.5, 0.6) is 0 Å². The largest absolute Gasteiger partial charge is 0.478 e. The van der Waals surface area contributed by atoms with Crippen molar-refractivity contribution in [3.05, 3.63) is 23.3 Å². The van der Waals surface area contributed by atoms with Gasteiger partial charge in [0, 0.05) is 11.6 Å². The van der Waals surface area contributed by atoms with E-state index in [1.807, 2.05) is 0 Å². The summed E-state index contributed by atoms with van der Waals surface area (Å²) in [5.41, 5.74) is 0.826. The highest BCUT2D eigenvalue weighted by Crippen LogP contribution is 2.14. The number of rotatable bonds is 5. The molecule has 0 atom stereocenters. The van der Waals surface area contributed by atoms with Crippen molar-refractivity contribution in [3.63, 3.8) is 0 Å². The molecule has 0 saturated carbocycles. The van der Waals surface area contributed by atoms with Gasteiger partial charge in [-0.25, -0.2) is 9.59 Å². The van der Waals surface area contributed by atoms with Crippen molar-refractivity contribution in [2.45, 2.75) is 26.7 Å². The second kappa shape index (κ2) is 5.96. The SMILES string of the molecule is CCC(C=CC(=O)O)=C(CC)C(=O)O. The average molecular weight is 198 g/mol. The zero-order valence-corrected chi connectivity index (χ0v) is 8.28. The molecular formula is C10H14O4. The standard InChI is InChI=1S/C10H14O4/c1-3-7(5-6-9(11)12)8(4-2)10(13)14/h5-6H,3-4H2,1-2H3,(H,11,12)(H,13,14). The van der Waals surface area contributed by atoms with Crippen LogP contribution < -0.4 is 0 Å². The summed E-state index contributed by atoms with van der Waals surface area (Å²) in [4.78, 5) is 21.0. The normalized spacial score (nSPS) is 12.7. The molecule has 0 heterocycles. The third kappa shape index (κ3) is 3.89. The minimum atomic E-state index is -1.07. The molecule has 4 heteroatoms. The highest BCUT2D eigenvalue weighted by molar-refractivity contribution is 5.88. The molecule has 0 aromatic heterocycles. The van der Waals surface area contributed by atoms with Crippen LogP contribution in [0.15, 0.2) is 23.3 Å². The molecule has 0 rings (SSSR count). The quantitative estimate of drug-likeness (QED) is 0.522. The van der Waals surface area contributed by atoms with Gasteiger partial charge in [-0.05, 0) is 18.4 Å². The highest BCUT2D eigenvalue weighted by atomic mass is 16.4. The molecule has 0 aromatic rings. The van der Waals surface area contributed by atoms with E-state index in [0.29, 0.717) is 18.4 Å². The van der Waals surface area contributed by atoms with E-state index in [4.69, 9.17) is 10.2 Å². The second-order valence-corrected chi connectivity index (χ2v) is 2.69. The number of carboxylic acid groups (broad SMARTS) is 2. The lowest BCUT2D eigenvalue weighted by Gasteiger charge is -2.03. The van der Waals surface area contributed by atoms with Crippen LogP contribution in [-0.2, 0) is 9.59 Å². The predicted octanol–water partition coefficient (Wildman–Crippen LogP) is 1.83. The molecule has 78 valence electrons. The van der Waals surface area contributed by atoms with Gasteiger partial charge in [-0.3, -0.25) is 0 Å². The third-order valence-corrected chi connectivity index (χ3v) is 1.81. The summed E-state index contributed by atoms with van der Waals surface area (Å²) >= 11 is 0. The van der Waals surface area contributed by atoms with E-state index >= 15 is 0 Å². The van der Waals surface area contributed by atoms with Crippen molar-refractivity contribution < 1.29 is 19.8 Å². The van der Waals surface area contributed by atoms with Crippen LogP contribution in [0.3, 0.4) is 0 Å². The fourth-order valence-electron chi connectivity index (χ4n) is 1.12. The van der Waals surface area contributed by atoms with Gasteiger partial charge in [-0.15, -0.1) is 0 Å². The van der Waals surface area contributed by atoms with Crippen LogP contribution in [0.4, 0.5) is 0 Å². The molecule has 0 saturated heterocycles. The molecule has 0 amide bonds. The molecule has 0 aliphatic rings. The van der Waals surface area contributed by atoms with Crippen molar-refractivity contribution in [1.29, 1.82) is 0 Å². The Morgan fingerprint density at radius 3 is 1.93 bits per heavy atom. The predicted molar refractivity (Wildman–Crippen MR) is 52.0 cm³/mol. The summed E-state index contributed by atoms with van der Waals surface area (Å²) in [5, 5.41) is 17.2. The van der Waals surface area contributed by atoms with E-state index in [0.717, 1.165) is 6.08 Å². The Labute approximate surface area is 82.6 Å². The van der Waals surface area contributed by atoms with Crippen molar-refractivity contribution >= 4 is 11.9 Å². The Balaban J connectivity index is 4.99. The Morgan fingerprint density at radius 1 is 1.07 bits per heavy atom. The number of aliphatic carboxylic acids is 2. The molecule has 0 aromatic carbocycles.